The van der Waals surface area contributed by atoms with Gasteiger partial charge in [-0.05, 0) is 12.3 Å². The van der Waals surface area contributed by atoms with Gasteiger partial charge in [0.05, 0.1) is 12.9 Å². The molecule has 7 N–H and O–H groups in total. The number of carbonyl (C=O) groups excluding carboxylic acids is 3. The molecule has 0 aliphatic rings. The predicted molar refractivity (Wildman–Crippen MR) is 108 cm³/mol. The zero-order valence-electron chi connectivity index (χ0n) is 16.3. The Kier molecular flexibility index (Phi) is 10.2. The van der Waals surface area contributed by atoms with Crippen molar-refractivity contribution in [3.05, 3.63) is 18.2 Å². The fourth-order valence-electron chi connectivity index (χ4n) is 2.51. The first-order chi connectivity index (χ1) is 13.7. The van der Waals surface area contributed by atoms with Gasteiger partial charge in [-0.3, -0.25) is 14.4 Å². The molecule has 0 bridgehead atoms. The maximum atomic E-state index is 12.6. The number of carboxylic acid groups (broad SMARTS) is 1. The number of thiol groups is 1. The van der Waals surface area contributed by atoms with Crippen molar-refractivity contribution in [2.24, 2.45) is 11.7 Å². The van der Waals surface area contributed by atoms with Gasteiger partial charge >= 0.3 is 5.97 Å². The summed E-state index contributed by atoms with van der Waals surface area (Å²) in [4.78, 5) is 54.7. The number of imidazole rings is 1. The van der Waals surface area contributed by atoms with Crippen LogP contribution in [0, 0.1) is 5.92 Å². The molecule has 162 valence electrons. The van der Waals surface area contributed by atoms with E-state index < -0.39 is 41.8 Å². The molecule has 0 saturated carbocycles. The monoisotopic (exact) mass is 428 g/mol. The molecule has 0 aromatic carbocycles. The lowest BCUT2D eigenvalue weighted by Crippen LogP contribution is -2.57. The molecule has 3 atom stereocenters. The average Bonchev–Trinajstić information content (AvgIpc) is 3.17. The van der Waals surface area contributed by atoms with Crippen LogP contribution in [0.5, 0.6) is 0 Å². The van der Waals surface area contributed by atoms with E-state index in [9.17, 15) is 24.3 Å². The van der Waals surface area contributed by atoms with Crippen molar-refractivity contribution in [1.82, 2.24) is 25.9 Å². The molecule has 0 saturated heterocycles. The number of H-pyrrole nitrogens is 1. The Hall–Kier alpha value is -2.60. The van der Waals surface area contributed by atoms with E-state index in [-0.39, 0.29) is 24.6 Å². The first kappa shape index (κ1) is 24.4. The van der Waals surface area contributed by atoms with Crippen molar-refractivity contribution in [3.63, 3.8) is 0 Å². The lowest BCUT2D eigenvalue weighted by Gasteiger charge is -2.24. The molecule has 1 aromatic heterocycles. The number of rotatable bonds is 12. The fourth-order valence-corrected chi connectivity index (χ4v) is 2.77. The van der Waals surface area contributed by atoms with E-state index >= 15 is 0 Å². The summed E-state index contributed by atoms with van der Waals surface area (Å²) in [6.45, 7) is 3.49. The summed E-state index contributed by atoms with van der Waals surface area (Å²) in [6.07, 6.45) is 3.20. The Labute approximate surface area is 174 Å². The van der Waals surface area contributed by atoms with Gasteiger partial charge in [0.15, 0.2) is 0 Å². The third kappa shape index (κ3) is 8.52. The van der Waals surface area contributed by atoms with E-state index in [0.29, 0.717) is 12.1 Å². The van der Waals surface area contributed by atoms with E-state index in [2.05, 4.69) is 38.5 Å². The van der Waals surface area contributed by atoms with Crippen LogP contribution in [-0.4, -0.2) is 69.2 Å². The minimum atomic E-state index is -1.23. The third-order valence-corrected chi connectivity index (χ3v) is 4.32. The Morgan fingerprint density at radius 1 is 1.14 bits per heavy atom. The van der Waals surface area contributed by atoms with Gasteiger partial charge < -0.3 is 31.8 Å². The molecule has 11 nitrogen and oxygen atoms in total. The van der Waals surface area contributed by atoms with Crippen molar-refractivity contribution >= 4 is 36.3 Å². The van der Waals surface area contributed by atoms with Crippen LogP contribution in [0.4, 0.5) is 0 Å². The maximum absolute atomic E-state index is 12.6. The van der Waals surface area contributed by atoms with Gasteiger partial charge in [0, 0.05) is 24.1 Å². The van der Waals surface area contributed by atoms with Gasteiger partial charge in [0.1, 0.15) is 18.1 Å². The highest BCUT2D eigenvalue weighted by molar-refractivity contribution is 7.80. The number of carboxylic acids is 1. The number of amides is 3. The molecule has 0 fully saturated rings. The van der Waals surface area contributed by atoms with Crippen LogP contribution in [0.1, 0.15) is 26.0 Å². The lowest BCUT2D eigenvalue weighted by molar-refractivity contribution is -0.142. The molecule has 0 radical (unpaired) electrons. The molecule has 3 unspecified atom stereocenters. The number of aromatic nitrogens is 2. The van der Waals surface area contributed by atoms with E-state index in [1.54, 1.807) is 0 Å². The van der Waals surface area contributed by atoms with Crippen LogP contribution in [0.3, 0.4) is 0 Å². The number of aliphatic carboxylic acids is 1. The Morgan fingerprint density at radius 3 is 2.24 bits per heavy atom. The second-order valence-electron chi connectivity index (χ2n) is 6.88. The minimum absolute atomic E-state index is 0.00313. The number of carbonyl (C=O) groups is 4. The molecule has 0 aliphatic heterocycles. The van der Waals surface area contributed by atoms with E-state index in [0.717, 1.165) is 0 Å². The molecule has 1 heterocycles. The van der Waals surface area contributed by atoms with E-state index in [1.807, 2.05) is 13.8 Å². The van der Waals surface area contributed by atoms with Crippen LogP contribution in [0.25, 0.3) is 0 Å². The number of nitrogens with zero attached hydrogens (tertiary/aromatic N) is 1. The number of hydrogen-bond donors (Lipinski definition) is 7. The summed E-state index contributed by atoms with van der Waals surface area (Å²) in [5.74, 6) is -2.97. The van der Waals surface area contributed by atoms with Crippen LogP contribution in [0.2, 0.25) is 0 Å². The fraction of sp³-hybridized carbons (Fsp3) is 0.588. The predicted octanol–water partition coefficient (Wildman–Crippen LogP) is -1.57. The number of aromatic amines is 1. The average molecular weight is 429 g/mol. The van der Waals surface area contributed by atoms with Crippen LogP contribution >= 0.6 is 12.6 Å². The van der Waals surface area contributed by atoms with Crippen LogP contribution in [-0.2, 0) is 25.6 Å². The molecule has 1 aromatic rings. The summed E-state index contributed by atoms with van der Waals surface area (Å²) >= 11 is 4.07. The normalized spacial score (nSPS) is 14.0. The quantitative estimate of drug-likeness (QED) is 0.196. The van der Waals surface area contributed by atoms with Gasteiger partial charge in [-0.15, -0.1) is 0 Å². The second kappa shape index (κ2) is 12.1. The van der Waals surface area contributed by atoms with Gasteiger partial charge in [0.25, 0.3) is 0 Å². The van der Waals surface area contributed by atoms with Crippen molar-refractivity contribution in [2.45, 2.75) is 44.8 Å². The van der Waals surface area contributed by atoms with E-state index in [4.69, 9.17) is 5.73 Å². The second-order valence-corrected chi connectivity index (χ2v) is 7.24. The van der Waals surface area contributed by atoms with Crippen LogP contribution in [0.15, 0.2) is 12.5 Å². The first-order valence-electron chi connectivity index (χ1n) is 9.09. The topological polar surface area (TPSA) is 179 Å². The Balaban J connectivity index is 2.79. The summed E-state index contributed by atoms with van der Waals surface area (Å²) in [5.41, 5.74) is 5.82. The Bertz CT molecular complexity index is 696. The largest absolute Gasteiger partial charge is 0.480 e. The molecular weight excluding hydrogens is 400 g/mol. The number of nitrogens with two attached hydrogens (primary N) is 1. The molecule has 3 amide bonds. The molecule has 0 spiro atoms. The maximum Gasteiger partial charge on any atom is 0.326 e. The summed E-state index contributed by atoms with van der Waals surface area (Å²) in [6, 6.07) is -3.17. The van der Waals surface area contributed by atoms with Crippen molar-refractivity contribution in [3.8, 4) is 0 Å². The molecule has 12 heteroatoms. The zero-order valence-corrected chi connectivity index (χ0v) is 17.2. The Morgan fingerprint density at radius 2 is 1.76 bits per heavy atom. The highest BCUT2D eigenvalue weighted by Crippen LogP contribution is 2.06. The SMILES string of the molecule is CC(C)CC(NC(=O)CN)C(=O)NC(CS)C(=O)NC(Cc1cnc[nH]1)C(=O)O. The molecule has 0 aliphatic carbocycles. The standard InChI is InChI=1S/C17H28N6O5S/c1-9(2)3-11(21-14(24)5-18)15(25)23-13(7-29)16(26)22-12(17(27)28)4-10-6-19-8-20-10/h6,8-9,11-13,29H,3-5,7,18H2,1-2H3,(H,19,20)(H,21,24)(H,22,26)(H,23,25)(H,27,28). The highest BCUT2D eigenvalue weighted by atomic mass is 32.1. The van der Waals surface area contributed by atoms with Crippen molar-refractivity contribution < 1.29 is 24.3 Å². The lowest BCUT2D eigenvalue weighted by atomic mass is 10.0. The number of hydrogen-bond acceptors (Lipinski definition) is 7. The molecule has 1 rings (SSSR count). The summed E-state index contributed by atoms with van der Waals surface area (Å²) < 4.78 is 0. The highest BCUT2D eigenvalue weighted by Gasteiger charge is 2.29. The number of nitrogens with one attached hydrogen (secondary N) is 4. The smallest absolute Gasteiger partial charge is 0.326 e. The minimum Gasteiger partial charge on any atom is -0.480 e. The summed E-state index contributed by atoms with van der Waals surface area (Å²) in [7, 11) is 0. The molecule has 29 heavy (non-hydrogen) atoms. The van der Waals surface area contributed by atoms with E-state index in [1.165, 1.54) is 12.5 Å². The van der Waals surface area contributed by atoms with Crippen molar-refractivity contribution in [2.75, 3.05) is 12.3 Å². The zero-order chi connectivity index (χ0) is 22.0. The third-order valence-electron chi connectivity index (χ3n) is 3.95. The summed E-state index contributed by atoms with van der Waals surface area (Å²) in [5, 5.41) is 16.8. The van der Waals surface area contributed by atoms with Crippen molar-refractivity contribution in [1.29, 1.82) is 0 Å². The van der Waals surface area contributed by atoms with Gasteiger partial charge in [-0.25, -0.2) is 9.78 Å². The van der Waals surface area contributed by atoms with Gasteiger partial charge in [-0.1, -0.05) is 13.8 Å². The van der Waals surface area contributed by atoms with Crippen LogP contribution < -0.4 is 21.7 Å². The molecular formula is C17H28N6O5S. The van der Waals surface area contributed by atoms with Gasteiger partial charge in [0.2, 0.25) is 17.7 Å². The first-order valence-corrected chi connectivity index (χ1v) is 9.72. The van der Waals surface area contributed by atoms with Gasteiger partial charge in [-0.2, -0.15) is 12.6 Å².